The van der Waals surface area contributed by atoms with Gasteiger partial charge in [-0.05, 0) is 31.1 Å². The van der Waals surface area contributed by atoms with E-state index in [9.17, 15) is 0 Å². The summed E-state index contributed by atoms with van der Waals surface area (Å²) < 4.78 is 0. The molecule has 11 heavy (non-hydrogen) atoms. The molecular weight excluding hydrogens is 132 g/mol. The summed E-state index contributed by atoms with van der Waals surface area (Å²) in [6.45, 7) is 8.77. The summed E-state index contributed by atoms with van der Waals surface area (Å²) in [5, 5.41) is 0. The van der Waals surface area contributed by atoms with Gasteiger partial charge in [0, 0.05) is 0 Å². The molecule has 1 aliphatic rings. The highest BCUT2D eigenvalue weighted by Gasteiger charge is 2.16. The normalized spacial score (nSPS) is 33.5. The highest BCUT2D eigenvalue weighted by atomic mass is 14.2. The number of hydrogen-bond acceptors (Lipinski definition) is 0. The molecule has 0 bridgehead atoms. The zero-order chi connectivity index (χ0) is 8.27. The summed E-state index contributed by atoms with van der Waals surface area (Å²) in [7, 11) is 0. The van der Waals surface area contributed by atoms with Crippen molar-refractivity contribution in [3.63, 3.8) is 0 Å². The Labute approximate surface area is 70.7 Å². The van der Waals surface area contributed by atoms with Crippen LogP contribution in [-0.4, -0.2) is 0 Å². The Kier molecular flexibility index (Phi) is 3.16. The Morgan fingerprint density at radius 2 is 2.09 bits per heavy atom. The average Bonchev–Trinajstić information content (AvgIpc) is 2.11. The minimum Gasteiger partial charge on any atom is -0.0998 e. The third-order valence-corrected chi connectivity index (χ3v) is 2.86. The molecular formula is C11H20. The second-order valence-corrected chi connectivity index (χ2v) is 4.12. The molecule has 1 aliphatic carbocycles. The molecule has 1 fully saturated rings. The lowest BCUT2D eigenvalue weighted by Crippen LogP contribution is -1.96. The summed E-state index contributed by atoms with van der Waals surface area (Å²) >= 11 is 0. The molecule has 0 saturated heterocycles. The van der Waals surface area contributed by atoms with Crippen LogP contribution in [0.4, 0.5) is 0 Å². The summed E-state index contributed by atoms with van der Waals surface area (Å²) in [5.74, 6) is 1.83. The lowest BCUT2D eigenvalue weighted by atomic mass is 9.96. The fourth-order valence-electron chi connectivity index (χ4n) is 2.06. The first-order valence-corrected chi connectivity index (χ1v) is 4.89. The van der Waals surface area contributed by atoms with E-state index in [1.807, 2.05) is 0 Å². The van der Waals surface area contributed by atoms with Gasteiger partial charge in [0.15, 0.2) is 0 Å². The van der Waals surface area contributed by atoms with E-state index < -0.39 is 0 Å². The van der Waals surface area contributed by atoms with E-state index in [-0.39, 0.29) is 0 Å². The van der Waals surface area contributed by atoms with Crippen LogP contribution in [0.1, 0.15) is 46.0 Å². The lowest BCUT2D eigenvalue weighted by molar-refractivity contribution is 0.439. The van der Waals surface area contributed by atoms with Crippen molar-refractivity contribution < 1.29 is 0 Å². The van der Waals surface area contributed by atoms with Crippen molar-refractivity contribution in [1.29, 1.82) is 0 Å². The van der Waals surface area contributed by atoms with Gasteiger partial charge in [0.1, 0.15) is 0 Å². The molecule has 0 nitrogen and oxygen atoms in total. The van der Waals surface area contributed by atoms with Crippen LogP contribution in [0.5, 0.6) is 0 Å². The van der Waals surface area contributed by atoms with E-state index in [1.165, 1.54) is 37.7 Å². The van der Waals surface area contributed by atoms with Crippen molar-refractivity contribution in [1.82, 2.24) is 0 Å². The van der Waals surface area contributed by atoms with Gasteiger partial charge in [0.2, 0.25) is 0 Å². The Hall–Kier alpha value is -0.260. The smallest absolute Gasteiger partial charge is 0.0294 e. The molecule has 2 unspecified atom stereocenters. The Morgan fingerprint density at radius 1 is 1.36 bits per heavy atom. The average molecular weight is 152 g/mol. The van der Waals surface area contributed by atoms with Crippen molar-refractivity contribution in [3.8, 4) is 0 Å². The van der Waals surface area contributed by atoms with E-state index in [4.69, 9.17) is 0 Å². The van der Waals surface area contributed by atoms with Crippen LogP contribution in [0, 0.1) is 11.8 Å². The Balaban J connectivity index is 2.46. The molecule has 0 heterocycles. The van der Waals surface area contributed by atoms with E-state index >= 15 is 0 Å². The molecule has 0 radical (unpaired) electrons. The Bertz CT molecular complexity index is 135. The highest BCUT2D eigenvalue weighted by Crippen LogP contribution is 2.31. The van der Waals surface area contributed by atoms with Crippen LogP contribution in [0.3, 0.4) is 0 Å². The molecule has 1 rings (SSSR count). The molecule has 0 aromatic rings. The molecule has 0 aliphatic heterocycles. The molecule has 0 N–H and O–H groups in total. The van der Waals surface area contributed by atoms with Crippen LogP contribution in [0.25, 0.3) is 0 Å². The maximum absolute atomic E-state index is 4.12. The van der Waals surface area contributed by atoms with Crippen LogP contribution >= 0.6 is 0 Å². The van der Waals surface area contributed by atoms with Gasteiger partial charge >= 0.3 is 0 Å². The van der Waals surface area contributed by atoms with E-state index in [1.54, 1.807) is 0 Å². The number of rotatable bonds is 1. The predicted octanol–water partition coefficient (Wildman–Crippen LogP) is 3.78. The van der Waals surface area contributed by atoms with Crippen molar-refractivity contribution in [2.75, 3.05) is 0 Å². The minimum atomic E-state index is 0.888. The maximum atomic E-state index is 4.12. The fourth-order valence-corrected chi connectivity index (χ4v) is 2.06. The Morgan fingerprint density at radius 3 is 2.73 bits per heavy atom. The van der Waals surface area contributed by atoms with E-state index in [2.05, 4.69) is 20.4 Å². The van der Waals surface area contributed by atoms with Crippen molar-refractivity contribution in [2.45, 2.75) is 46.0 Å². The SMILES string of the molecule is C=C1CC(C)CCC(CC)C1. The van der Waals surface area contributed by atoms with Gasteiger partial charge in [-0.1, -0.05) is 38.8 Å². The molecule has 64 valence electrons. The zero-order valence-corrected chi connectivity index (χ0v) is 7.90. The van der Waals surface area contributed by atoms with Crippen molar-refractivity contribution >= 4 is 0 Å². The van der Waals surface area contributed by atoms with Gasteiger partial charge < -0.3 is 0 Å². The predicted molar refractivity (Wildman–Crippen MR) is 50.6 cm³/mol. The van der Waals surface area contributed by atoms with Crippen LogP contribution in [0.2, 0.25) is 0 Å². The van der Waals surface area contributed by atoms with Gasteiger partial charge in [0.05, 0.1) is 0 Å². The van der Waals surface area contributed by atoms with Gasteiger partial charge in [-0.3, -0.25) is 0 Å². The second-order valence-electron chi connectivity index (χ2n) is 4.12. The van der Waals surface area contributed by atoms with Gasteiger partial charge in [-0.25, -0.2) is 0 Å². The molecule has 0 aromatic carbocycles. The third kappa shape index (κ3) is 2.69. The summed E-state index contributed by atoms with van der Waals surface area (Å²) in [6.07, 6.45) is 6.75. The fraction of sp³-hybridized carbons (Fsp3) is 0.818. The van der Waals surface area contributed by atoms with Crippen LogP contribution < -0.4 is 0 Å². The molecule has 0 spiro atoms. The molecule has 0 aromatic heterocycles. The minimum absolute atomic E-state index is 0.888. The van der Waals surface area contributed by atoms with Crippen molar-refractivity contribution in [2.24, 2.45) is 11.8 Å². The summed E-state index contributed by atoms with van der Waals surface area (Å²) in [4.78, 5) is 0. The number of hydrogen-bond donors (Lipinski definition) is 0. The molecule has 0 amide bonds. The summed E-state index contributed by atoms with van der Waals surface area (Å²) in [6, 6.07) is 0. The molecule has 0 heteroatoms. The first kappa shape index (κ1) is 8.83. The first-order valence-electron chi connectivity index (χ1n) is 4.89. The molecule has 2 atom stereocenters. The highest BCUT2D eigenvalue weighted by molar-refractivity contribution is 4.98. The quantitative estimate of drug-likeness (QED) is 0.396. The van der Waals surface area contributed by atoms with E-state index in [0.29, 0.717) is 0 Å². The zero-order valence-electron chi connectivity index (χ0n) is 7.90. The topological polar surface area (TPSA) is 0 Å². The van der Waals surface area contributed by atoms with Gasteiger partial charge in [-0.15, -0.1) is 0 Å². The van der Waals surface area contributed by atoms with Gasteiger partial charge in [-0.2, -0.15) is 0 Å². The van der Waals surface area contributed by atoms with Crippen LogP contribution in [0.15, 0.2) is 12.2 Å². The summed E-state index contributed by atoms with van der Waals surface area (Å²) in [5.41, 5.74) is 1.49. The molecule has 1 saturated carbocycles. The standard InChI is InChI=1S/C11H20/c1-4-11-6-5-9(2)7-10(3)8-11/h9,11H,3-8H2,1-2H3. The van der Waals surface area contributed by atoms with Crippen molar-refractivity contribution in [3.05, 3.63) is 12.2 Å². The largest absolute Gasteiger partial charge is 0.0998 e. The second kappa shape index (κ2) is 3.94. The van der Waals surface area contributed by atoms with Crippen LogP contribution in [-0.2, 0) is 0 Å². The van der Waals surface area contributed by atoms with Gasteiger partial charge in [0.25, 0.3) is 0 Å². The monoisotopic (exact) mass is 152 g/mol. The van der Waals surface area contributed by atoms with E-state index in [0.717, 1.165) is 11.8 Å². The maximum Gasteiger partial charge on any atom is -0.0294 e. The first-order chi connectivity index (χ1) is 5.22. The lowest BCUT2D eigenvalue weighted by Gasteiger charge is -2.10. The number of allylic oxidation sites excluding steroid dienone is 1. The third-order valence-electron chi connectivity index (χ3n) is 2.86.